The van der Waals surface area contributed by atoms with Gasteiger partial charge in [0.05, 0.1) is 25.5 Å². The monoisotopic (exact) mass is 299 g/mol. The fraction of sp³-hybridized carbons (Fsp3) is 0.250. The molecule has 6 nitrogen and oxygen atoms in total. The highest BCUT2D eigenvalue weighted by Gasteiger charge is 2.11. The van der Waals surface area contributed by atoms with Crippen molar-refractivity contribution in [3.05, 3.63) is 48.3 Å². The third-order valence-electron chi connectivity index (χ3n) is 3.16. The van der Waals surface area contributed by atoms with Crippen LogP contribution in [0.4, 0.5) is 10.5 Å². The molecule has 0 saturated heterocycles. The number of benzene rings is 1. The maximum Gasteiger partial charge on any atom is 0.319 e. The first-order valence-corrected chi connectivity index (χ1v) is 7.16. The number of amides is 2. The maximum absolute atomic E-state index is 11.9. The van der Waals surface area contributed by atoms with E-state index < -0.39 is 0 Å². The molecule has 1 aromatic carbocycles. The molecular weight excluding hydrogens is 282 g/mol. The lowest BCUT2D eigenvalue weighted by atomic mass is 10.3. The minimum atomic E-state index is -0.292. The Hall–Kier alpha value is -2.76. The molecule has 6 heteroatoms. The minimum Gasteiger partial charge on any atom is -0.490 e. The van der Waals surface area contributed by atoms with Gasteiger partial charge < -0.3 is 20.1 Å². The first-order chi connectivity index (χ1) is 10.8. The number of carbonyl (C=O) groups excluding carboxylic acids is 1. The van der Waals surface area contributed by atoms with E-state index in [0.717, 1.165) is 12.1 Å². The van der Waals surface area contributed by atoms with Crippen molar-refractivity contribution in [1.29, 1.82) is 0 Å². The number of hydrogen-bond acceptors (Lipinski definition) is 4. The topological polar surface area (TPSA) is 72.5 Å². The summed E-state index contributed by atoms with van der Waals surface area (Å²) >= 11 is 0. The summed E-state index contributed by atoms with van der Waals surface area (Å²) in [6, 6.07) is 10.6. The summed E-state index contributed by atoms with van der Waals surface area (Å²) in [5, 5.41) is 5.52. The summed E-state index contributed by atoms with van der Waals surface area (Å²) in [4.78, 5) is 16.0. The molecule has 0 spiro atoms. The molecule has 1 aromatic heterocycles. The third-order valence-corrected chi connectivity index (χ3v) is 3.16. The normalized spacial score (nSPS) is 13.1. The van der Waals surface area contributed by atoms with Gasteiger partial charge in [-0.25, -0.2) is 4.79 Å². The second-order valence-electron chi connectivity index (χ2n) is 4.84. The lowest BCUT2D eigenvalue weighted by molar-refractivity contribution is 0.251. The quantitative estimate of drug-likeness (QED) is 0.913. The van der Waals surface area contributed by atoms with Crippen molar-refractivity contribution in [3.8, 4) is 11.5 Å². The highest BCUT2D eigenvalue weighted by molar-refractivity contribution is 5.89. The van der Waals surface area contributed by atoms with Crippen molar-refractivity contribution in [3.63, 3.8) is 0 Å². The van der Waals surface area contributed by atoms with Gasteiger partial charge in [0, 0.05) is 24.4 Å². The third kappa shape index (κ3) is 3.66. The molecule has 0 radical (unpaired) electrons. The van der Waals surface area contributed by atoms with Crippen LogP contribution in [0.25, 0.3) is 0 Å². The molecule has 2 heterocycles. The number of ether oxygens (including phenoxy) is 2. The average Bonchev–Trinajstić information content (AvgIpc) is 2.79. The van der Waals surface area contributed by atoms with Gasteiger partial charge in [-0.05, 0) is 24.3 Å². The standard InChI is InChI=1S/C16H17N3O3/c20-16(18-11-13-4-1-2-7-17-13)19-12-5-6-14-15(10-12)22-9-3-8-21-14/h1-2,4-7,10H,3,8-9,11H2,(H2,18,19,20). The molecule has 1 aliphatic rings. The van der Waals surface area contributed by atoms with Crippen LogP contribution in [-0.2, 0) is 6.54 Å². The highest BCUT2D eigenvalue weighted by atomic mass is 16.5. The van der Waals surface area contributed by atoms with Crippen LogP contribution in [0, 0.1) is 0 Å². The van der Waals surface area contributed by atoms with Crippen molar-refractivity contribution in [2.75, 3.05) is 18.5 Å². The number of nitrogens with zero attached hydrogens (tertiary/aromatic N) is 1. The fourth-order valence-corrected chi connectivity index (χ4v) is 2.09. The van der Waals surface area contributed by atoms with Crippen LogP contribution >= 0.6 is 0 Å². The zero-order valence-corrected chi connectivity index (χ0v) is 12.0. The van der Waals surface area contributed by atoms with Crippen molar-refractivity contribution in [2.24, 2.45) is 0 Å². The molecule has 2 N–H and O–H groups in total. The SMILES string of the molecule is O=C(NCc1ccccn1)Nc1ccc2c(c1)OCCCO2. The van der Waals surface area contributed by atoms with Gasteiger partial charge in [0.25, 0.3) is 0 Å². The number of hydrogen-bond donors (Lipinski definition) is 2. The molecule has 2 amide bonds. The summed E-state index contributed by atoms with van der Waals surface area (Å²) in [7, 11) is 0. The summed E-state index contributed by atoms with van der Waals surface area (Å²) in [6.45, 7) is 1.63. The first kappa shape index (κ1) is 14.2. The summed E-state index contributed by atoms with van der Waals surface area (Å²) in [5.74, 6) is 1.36. The van der Waals surface area contributed by atoms with Gasteiger partial charge in [0.15, 0.2) is 11.5 Å². The summed E-state index contributed by atoms with van der Waals surface area (Å²) < 4.78 is 11.1. The second kappa shape index (κ2) is 6.80. The number of pyridine rings is 1. The first-order valence-electron chi connectivity index (χ1n) is 7.16. The lowest BCUT2D eigenvalue weighted by Crippen LogP contribution is -2.28. The molecule has 2 aromatic rings. The Bertz CT molecular complexity index is 646. The van der Waals surface area contributed by atoms with E-state index in [2.05, 4.69) is 15.6 Å². The highest BCUT2D eigenvalue weighted by Crippen LogP contribution is 2.32. The van der Waals surface area contributed by atoms with Crippen molar-refractivity contribution in [2.45, 2.75) is 13.0 Å². The summed E-state index contributed by atoms with van der Waals surface area (Å²) in [6.07, 6.45) is 2.54. The Morgan fingerprint density at radius 3 is 2.82 bits per heavy atom. The van der Waals surface area contributed by atoms with E-state index >= 15 is 0 Å². The molecule has 114 valence electrons. The van der Waals surface area contributed by atoms with E-state index in [0.29, 0.717) is 36.9 Å². The molecule has 0 bridgehead atoms. The molecule has 0 atom stereocenters. The fourth-order valence-electron chi connectivity index (χ4n) is 2.09. The number of aromatic nitrogens is 1. The molecule has 0 fully saturated rings. The van der Waals surface area contributed by atoms with Crippen LogP contribution in [0.15, 0.2) is 42.6 Å². The van der Waals surface area contributed by atoms with Gasteiger partial charge in [-0.2, -0.15) is 0 Å². The van der Waals surface area contributed by atoms with E-state index in [4.69, 9.17) is 9.47 Å². The van der Waals surface area contributed by atoms with Crippen LogP contribution < -0.4 is 20.1 Å². The van der Waals surface area contributed by atoms with Crippen LogP contribution in [0.1, 0.15) is 12.1 Å². The predicted molar refractivity (Wildman–Crippen MR) is 82.1 cm³/mol. The van der Waals surface area contributed by atoms with Gasteiger partial charge in [0.2, 0.25) is 0 Å². The maximum atomic E-state index is 11.9. The van der Waals surface area contributed by atoms with E-state index in [1.165, 1.54) is 0 Å². The number of fused-ring (bicyclic) bond motifs is 1. The van der Waals surface area contributed by atoms with E-state index in [9.17, 15) is 4.79 Å². The van der Waals surface area contributed by atoms with E-state index in [1.807, 2.05) is 18.2 Å². The van der Waals surface area contributed by atoms with Gasteiger partial charge in [-0.3, -0.25) is 4.98 Å². The Kier molecular flexibility index (Phi) is 4.38. The van der Waals surface area contributed by atoms with E-state index in [1.54, 1.807) is 24.4 Å². The van der Waals surface area contributed by atoms with Crippen LogP contribution in [0.2, 0.25) is 0 Å². The Morgan fingerprint density at radius 1 is 1.14 bits per heavy atom. The molecular formula is C16H17N3O3. The largest absolute Gasteiger partial charge is 0.490 e. The molecule has 0 aliphatic carbocycles. The number of rotatable bonds is 3. The lowest BCUT2D eigenvalue weighted by Gasteiger charge is -2.11. The van der Waals surface area contributed by atoms with Gasteiger partial charge in [-0.15, -0.1) is 0 Å². The van der Waals surface area contributed by atoms with Crippen molar-refractivity contribution >= 4 is 11.7 Å². The van der Waals surface area contributed by atoms with E-state index in [-0.39, 0.29) is 6.03 Å². The zero-order valence-electron chi connectivity index (χ0n) is 12.0. The molecule has 3 rings (SSSR count). The smallest absolute Gasteiger partial charge is 0.319 e. The van der Waals surface area contributed by atoms with Crippen molar-refractivity contribution in [1.82, 2.24) is 10.3 Å². The van der Waals surface area contributed by atoms with Gasteiger partial charge in [-0.1, -0.05) is 6.07 Å². The average molecular weight is 299 g/mol. The second-order valence-corrected chi connectivity index (χ2v) is 4.84. The Morgan fingerprint density at radius 2 is 2.00 bits per heavy atom. The summed E-state index contributed by atoms with van der Waals surface area (Å²) in [5.41, 5.74) is 1.46. The minimum absolute atomic E-state index is 0.292. The van der Waals surface area contributed by atoms with Crippen LogP contribution in [-0.4, -0.2) is 24.2 Å². The van der Waals surface area contributed by atoms with Crippen LogP contribution in [0.5, 0.6) is 11.5 Å². The van der Waals surface area contributed by atoms with Gasteiger partial charge >= 0.3 is 6.03 Å². The van der Waals surface area contributed by atoms with Crippen LogP contribution in [0.3, 0.4) is 0 Å². The zero-order chi connectivity index (χ0) is 15.2. The number of urea groups is 1. The Labute approximate surface area is 128 Å². The Balaban J connectivity index is 1.58. The number of carbonyl (C=O) groups is 1. The molecule has 22 heavy (non-hydrogen) atoms. The predicted octanol–water partition coefficient (Wildman–Crippen LogP) is 2.56. The molecule has 1 aliphatic heterocycles. The number of nitrogens with one attached hydrogen (secondary N) is 2. The van der Waals surface area contributed by atoms with Crippen molar-refractivity contribution < 1.29 is 14.3 Å². The van der Waals surface area contributed by atoms with Gasteiger partial charge in [0.1, 0.15) is 0 Å². The number of anilines is 1. The molecule has 0 saturated carbocycles. The molecule has 0 unspecified atom stereocenters.